The first-order valence-corrected chi connectivity index (χ1v) is 9.64. The molecule has 0 saturated carbocycles. The highest BCUT2D eigenvalue weighted by atomic mass is 35.5. The van der Waals surface area contributed by atoms with Gasteiger partial charge in [-0.25, -0.2) is 14.8 Å². The zero-order valence-corrected chi connectivity index (χ0v) is 16.6. The summed E-state index contributed by atoms with van der Waals surface area (Å²) in [4.78, 5) is 21.4. The number of rotatable bonds is 3. The van der Waals surface area contributed by atoms with Gasteiger partial charge in [0.1, 0.15) is 16.6 Å². The molecular weight excluding hydrogens is 403 g/mol. The van der Waals surface area contributed by atoms with Crippen molar-refractivity contribution in [1.29, 1.82) is 0 Å². The highest BCUT2D eigenvalue weighted by Crippen LogP contribution is 2.32. The third-order valence-electron chi connectivity index (χ3n) is 5.01. The van der Waals surface area contributed by atoms with Crippen LogP contribution in [0.5, 0.6) is 0 Å². The predicted molar refractivity (Wildman–Crippen MR) is 106 cm³/mol. The number of nitrogens with zero attached hydrogens (tertiary/aromatic N) is 4. The van der Waals surface area contributed by atoms with Crippen molar-refractivity contribution in [3.8, 4) is 5.69 Å². The fraction of sp³-hybridized carbons (Fsp3) is 0.316. The summed E-state index contributed by atoms with van der Waals surface area (Å²) >= 11 is 12.5. The van der Waals surface area contributed by atoms with Crippen molar-refractivity contribution >= 4 is 40.3 Å². The van der Waals surface area contributed by atoms with E-state index in [1.807, 2.05) is 31.2 Å². The molecule has 2 aromatic heterocycles. The third kappa shape index (κ3) is 3.30. The van der Waals surface area contributed by atoms with Crippen LogP contribution in [0.1, 0.15) is 24.9 Å². The summed E-state index contributed by atoms with van der Waals surface area (Å²) in [6.07, 6.45) is 1.15. The molecule has 1 aliphatic rings. The molecule has 0 radical (unpaired) electrons. The lowest BCUT2D eigenvalue weighted by Crippen LogP contribution is -2.46. The summed E-state index contributed by atoms with van der Waals surface area (Å²) in [5.74, 6) is 0. The molecule has 1 N–H and O–H groups in total. The van der Waals surface area contributed by atoms with E-state index in [9.17, 15) is 9.90 Å². The lowest BCUT2D eigenvalue weighted by Gasteiger charge is -2.38. The first kappa shape index (κ1) is 19.0. The molecule has 1 aromatic carbocycles. The average molecular weight is 421 g/mol. The van der Waals surface area contributed by atoms with Gasteiger partial charge in [0.05, 0.1) is 30.7 Å². The molecule has 0 spiro atoms. The largest absolute Gasteiger partial charge is 0.465 e. The molecule has 0 bridgehead atoms. The van der Waals surface area contributed by atoms with E-state index >= 15 is 0 Å². The van der Waals surface area contributed by atoms with Crippen LogP contribution in [-0.2, 0) is 4.74 Å². The SMILES string of the molecule is CC[C@H]1CN(C(=O)O)[C@H](c2ccc(-n3c(Cl)cc4c(Cl)ncnc43)cc2)CO1. The monoisotopic (exact) mass is 420 g/mol. The van der Waals surface area contributed by atoms with Crippen LogP contribution in [-0.4, -0.2) is 49.9 Å². The molecule has 4 rings (SSSR count). The zero-order chi connectivity index (χ0) is 19.8. The Labute approximate surface area is 171 Å². The highest BCUT2D eigenvalue weighted by Gasteiger charge is 2.32. The molecule has 9 heteroatoms. The number of benzene rings is 1. The minimum atomic E-state index is -0.943. The van der Waals surface area contributed by atoms with Crippen LogP contribution in [0, 0.1) is 0 Å². The summed E-state index contributed by atoms with van der Waals surface area (Å²) in [5, 5.41) is 11.1. The third-order valence-corrected chi connectivity index (χ3v) is 5.59. The Morgan fingerprint density at radius 1 is 1.29 bits per heavy atom. The van der Waals surface area contributed by atoms with Crippen molar-refractivity contribution in [3.63, 3.8) is 0 Å². The Morgan fingerprint density at radius 2 is 2.04 bits per heavy atom. The van der Waals surface area contributed by atoms with Crippen molar-refractivity contribution in [2.75, 3.05) is 13.2 Å². The second kappa shape index (κ2) is 7.58. The maximum atomic E-state index is 11.7. The van der Waals surface area contributed by atoms with Gasteiger partial charge in [0.25, 0.3) is 0 Å². The van der Waals surface area contributed by atoms with Gasteiger partial charge in [-0.3, -0.25) is 9.47 Å². The number of carboxylic acid groups (broad SMARTS) is 1. The van der Waals surface area contributed by atoms with Gasteiger partial charge in [-0.2, -0.15) is 0 Å². The molecule has 2 atom stereocenters. The standard InChI is InChI=1S/C19H18Cl2N4O3/c1-2-13-8-24(19(26)27)15(9-28-13)11-3-5-12(6-4-11)25-16(20)7-14-17(21)22-10-23-18(14)25/h3-7,10,13,15H,2,8-9H2,1H3,(H,26,27)/t13-,15-/m0/s1. The Morgan fingerprint density at radius 3 is 2.71 bits per heavy atom. The summed E-state index contributed by atoms with van der Waals surface area (Å²) < 4.78 is 7.58. The van der Waals surface area contributed by atoms with Crippen LogP contribution < -0.4 is 0 Å². The van der Waals surface area contributed by atoms with Gasteiger partial charge in [-0.1, -0.05) is 42.3 Å². The number of amides is 1. The molecule has 28 heavy (non-hydrogen) atoms. The Hall–Kier alpha value is -2.35. The topological polar surface area (TPSA) is 80.5 Å². The van der Waals surface area contributed by atoms with Gasteiger partial charge in [-0.05, 0) is 30.2 Å². The number of hydrogen-bond donors (Lipinski definition) is 1. The van der Waals surface area contributed by atoms with Crippen LogP contribution in [0.4, 0.5) is 4.79 Å². The zero-order valence-electron chi connectivity index (χ0n) is 15.0. The molecule has 0 unspecified atom stereocenters. The molecule has 7 nitrogen and oxygen atoms in total. The molecule has 0 aliphatic carbocycles. The lowest BCUT2D eigenvalue weighted by molar-refractivity contribution is -0.0559. The molecule has 3 heterocycles. The van der Waals surface area contributed by atoms with Crippen molar-refractivity contribution in [1.82, 2.24) is 19.4 Å². The van der Waals surface area contributed by atoms with E-state index in [4.69, 9.17) is 27.9 Å². The Balaban J connectivity index is 1.67. The Kier molecular flexibility index (Phi) is 5.14. The molecule has 1 aliphatic heterocycles. The van der Waals surface area contributed by atoms with Gasteiger partial charge in [0, 0.05) is 5.69 Å². The van der Waals surface area contributed by atoms with Crippen molar-refractivity contribution in [2.45, 2.75) is 25.5 Å². The van der Waals surface area contributed by atoms with Gasteiger partial charge >= 0.3 is 6.09 Å². The van der Waals surface area contributed by atoms with Crippen molar-refractivity contribution < 1.29 is 14.6 Å². The summed E-state index contributed by atoms with van der Waals surface area (Å²) in [7, 11) is 0. The molecule has 1 amide bonds. The van der Waals surface area contributed by atoms with Crippen LogP contribution in [0.25, 0.3) is 16.7 Å². The minimum absolute atomic E-state index is 0.0684. The molecule has 1 saturated heterocycles. The van der Waals surface area contributed by atoms with E-state index < -0.39 is 6.09 Å². The first-order chi connectivity index (χ1) is 13.5. The fourth-order valence-electron chi connectivity index (χ4n) is 3.49. The minimum Gasteiger partial charge on any atom is -0.465 e. The smallest absolute Gasteiger partial charge is 0.407 e. The normalized spacial score (nSPS) is 19.9. The maximum absolute atomic E-state index is 11.7. The van der Waals surface area contributed by atoms with E-state index in [2.05, 4.69) is 9.97 Å². The predicted octanol–water partition coefficient (Wildman–Crippen LogP) is 4.56. The quantitative estimate of drug-likeness (QED) is 0.628. The van der Waals surface area contributed by atoms with E-state index in [1.54, 1.807) is 10.6 Å². The van der Waals surface area contributed by atoms with E-state index in [0.717, 1.165) is 17.7 Å². The summed E-state index contributed by atoms with van der Waals surface area (Å²) in [5.41, 5.74) is 2.26. The number of hydrogen-bond acceptors (Lipinski definition) is 4. The second-order valence-corrected chi connectivity index (χ2v) is 7.36. The van der Waals surface area contributed by atoms with Gasteiger partial charge < -0.3 is 9.84 Å². The van der Waals surface area contributed by atoms with E-state index in [1.165, 1.54) is 11.2 Å². The maximum Gasteiger partial charge on any atom is 0.407 e. The molecular formula is C19H18Cl2N4O3. The second-order valence-electron chi connectivity index (χ2n) is 6.61. The highest BCUT2D eigenvalue weighted by molar-refractivity contribution is 6.36. The summed E-state index contributed by atoms with van der Waals surface area (Å²) in [6, 6.07) is 8.90. The molecule has 1 fully saturated rings. The number of ether oxygens (including phenoxy) is 1. The number of aromatic nitrogens is 3. The van der Waals surface area contributed by atoms with Crippen LogP contribution in [0.3, 0.4) is 0 Å². The van der Waals surface area contributed by atoms with Crippen molar-refractivity contribution in [3.05, 3.63) is 52.5 Å². The number of morpholine rings is 1. The number of fused-ring (bicyclic) bond motifs is 1. The Bertz CT molecular complexity index is 1020. The van der Waals surface area contributed by atoms with Crippen LogP contribution >= 0.6 is 23.2 Å². The van der Waals surface area contributed by atoms with Crippen LogP contribution in [0.2, 0.25) is 10.3 Å². The van der Waals surface area contributed by atoms with Gasteiger partial charge in [0.2, 0.25) is 0 Å². The first-order valence-electron chi connectivity index (χ1n) is 8.88. The van der Waals surface area contributed by atoms with Gasteiger partial charge in [-0.15, -0.1) is 0 Å². The average Bonchev–Trinajstić information content (AvgIpc) is 3.05. The van der Waals surface area contributed by atoms with Crippen LogP contribution in [0.15, 0.2) is 36.7 Å². The summed E-state index contributed by atoms with van der Waals surface area (Å²) in [6.45, 7) is 2.68. The molecule has 146 valence electrons. The van der Waals surface area contributed by atoms with Gasteiger partial charge in [0.15, 0.2) is 5.65 Å². The van der Waals surface area contributed by atoms with E-state index in [0.29, 0.717) is 34.5 Å². The van der Waals surface area contributed by atoms with Crippen molar-refractivity contribution in [2.24, 2.45) is 0 Å². The van der Waals surface area contributed by atoms with E-state index in [-0.39, 0.29) is 12.1 Å². The lowest BCUT2D eigenvalue weighted by atomic mass is 10.0. The fourth-order valence-corrected chi connectivity index (χ4v) is 3.96. The number of carbonyl (C=O) groups is 1. The molecule has 3 aromatic rings. The number of halogens is 2.